The number of aliphatic hydroxyl groups excluding tert-OH is 1. The largest absolute Gasteiger partial charge is 0.391 e. The molecule has 0 aliphatic heterocycles. The van der Waals surface area contributed by atoms with E-state index in [-0.39, 0.29) is 17.7 Å². The first kappa shape index (κ1) is 16.3. The Labute approximate surface area is 106 Å². The van der Waals surface area contributed by atoms with Crippen LogP contribution in [-0.2, 0) is 4.79 Å². The van der Waals surface area contributed by atoms with Crippen LogP contribution in [0.3, 0.4) is 0 Å². The Balaban J connectivity index is 4.73. The second kappa shape index (κ2) is 8.43. The van der Waals surface area contributed by atoms with E-state index in [9.17, 15) is 9.90 Å². The predicted molar refractivity (Wildman–Crippen MR) is 72.0 cm³/mol. The second-order valence-electron chi connectivity index (χ2n) is 4.61. The van der Waals surface area contributed by atoms with Gasteiger partial charge in [-0.1, -0.05) is 32.9 Å². The Morgan fingerprint density at radius 2 is 2.00 bits per heavy atom. The molecule has 1 N–H and O–H groups in total. The summed E-state index contributed by atoms with van der Waals surface area (Å²) >= 11 is 0. The Morgan fingerprint density at radius 1 is 1.41 bits per heavy atom. The molecule has 0 unspecified atom stereocenters. The molecule has 0 fully saturated rings. The van der Waals surface area contributed by atoms with Crippen LogP contribution >= 0.6 is 0 Å². The molecule has 0 bridgehead atoms. The average Bonchev–Trinajstić information content (AvgIpc) is 2.35. The monoisotopic (exact) mass is 241 g/mol. The van der Waals surface area contributed by atoms with E-state index in [1.165, 1.54) is 0 Å². The molecule has 100 valence electrons. The van der Waals surface area contributed by atoms with Gasteiger partial charge in [0.05, 0.1) is 12.1 Å². The highest BCUT2D eigenvalue weighted by molar-refractivity contribution is 5.84. The number of hydrogen-bond acceptors (Lipinski definition) is 3. The molecule has 3 atom stereocenters. The van der Waals surface area contributed by atoms with Crippen LogP contribution in [0.2, 0.25) is 0 Å². The van der Waals surface area contributed by atoms with E-state index >= 15 is 0 Å². The normalized spacial score (nSPS) is 17.4. The van der Waals surface area contributed by atoms with E-state index in [1.807, 2.05) is 51.8 Å². The zero-order chi connectivity index (χ0) is 13.4. The third kappa shape index (κ3) is 5.00. The average molecular weight is 241 g/mol. The van der Waals surface area contributed by atoms with E-state index in [2.05, 4.69) is 0 Å². The number of carbonyl (C=O) groups excluding carboxylic acids is 1. The maximum Gasteiger partial charge on any atom is 0.152 e. The molecule has 0 saturated carbocycles. The van der Waals surface area contributed by atoms with Crippen molar-refractivity contribution in [2.24, 2.45) is 5.92 Å². The molecule has 3 nitrogen and oxygen atoms in total. The highest BCUT2D eigenvalue weighted by atomic mass is 16.3. The SMILES string of the molecule is C/C=C/C[C@@H](C)[C@@H](O)[C@@H](C(=O)CC)N(C)CC. The van der Waals surface area contributed by atoms with Crippen LogP contribution in [-0.4, -0.2) is 41.5 Å². The van der Waals surface area contributed by atoms with Crippen molar-refractivity contribution in [3.63, 3.8) is 0 Å². The minimum atomic E-state index is -0.594. The Kier molecular flexibility index (Phi) is 8.09. The maximum absolute atomic E-state index is 11.9. The van der Waals surface area contributed by atoms with Gasteiger partial charge in [-0.2, -0.15) is 0 Å². The first-order valence-electron chi connectivity index (χ1n) is 6.51. The number of carbonyl (C=O) groups is 1. The molecule has 0 aromatic heterocycles. The first-order chi connectivity index (χ1) is 7.99. The minimum absolute atomic E-state index is 0.0979. The van der Waals surface area contributed by atoms with Crippen LogP contribution in [0.1, 0.15) is 40.5 Å². The summed E-state index contributed by atoms with van der Waals surface area (Å²) in [4.78, 5) is 13.8. The zero-order valence-corrected chi connectivity index (χ0v) is 11.8. The number of rotatable bonds is 8. The molecule has 3 heteroatoms. The lowest BCUT2D eigenvalue weighted by atomic mass is 9.90. The van der Waals surface area contributed by atoms with Gasteiger partial charge in [0.15, 0.2) is 5.78 Å². The van der Waals surface area contributed by atoms with E-state index < -0.39 is 6.10 Å². The summed E-state index contributed by atoms with van der Waals surface area (Å²) in [6.45, 7) is 8.57. The number of Topliss-reactive ketones (excluding diaryl/α,β-unsaturated/α-hetero) is 1. The van der Waals surface area contributed by atoms with E-state index in [0.717, 1.165) is 13.0 Å². The lowest BCUT2D eigenvalue weighted by Gasteiger charge is -2.32. The number of aliphatic hydroxyl groups is 1. The van der Waals surface area contributed by atoms with Gasteiger partial charge in [0.25, 0.3) is 0 Å². The smallest absolute Gasteiger partial charge is 0.152 e. The molecule has 17 heavy (non-hydrogen) atoms. The number of allylic oxidation sites excluding steroid dienone is 2. The summed E-state index contributed by atoms with van der Waals surface area (Å²) in [5, 5.41) is 10.3. The fourth-order valence-corrected chi connectivity index (χ4v) is 1.90. The lowest BCUT2D eigenvalue weighted by Crippen LogP contribution is -2.49. The van der Waals surface area contributed by atoms with Crippen LogP contribution in [0.5, 0.6) is 0 Å². The molecule has 0 aromatic rings. The minimum Gasteiger partial charge on any atom is -0.391 e. The van der Waals surface area contributed by atoms with Gasteiger partial charge in [0, 0.05) is 6.42 Å². The second-order valence-corrected chi connectivity index (χ2v) is 4.61. The van der Waals surface area contributed by atoms with E-state index in [4.69, 9.17) is 0 Å². The van der Waals surface area contributed by atoms with Crippen LogP contribution in [0.25, 0.3) is 0 Å². The van der Waals surface area contributed by atoms with Crippen molar-refractivity contribution in [3.05, 3.63) is 12.2 Å². The van der Waals surface area contributed by atoms with Gasteiger partial charge < -0.3 is 5.11 Å². The molecule has 0 aliphatic rings. The van der Waals surface area contributed by atoms with Crippen molar-refractivity contribution < 1.29 is 9.90 Å². The van der Waals surface area contributed by atoms with Crippen LogP contribution in [0.15, 0.2) is 12.2 Å². The molecular weight excluding hydrogens is 214 g/mol. The standard InChI is InChI=1S/C14H27NO2/c1-6-9-10-11(4)14(17)13(12(16)7-2)15(5)8-3/h6,9,11,13-14,17H,7-8,10H2,1-5H3/b9-6+/t11-,13-,14-/m1/s1. The summed E-state index contributed by atoms with van der Waals surface area (Å²) in [5.74, 6) is 0.217. The summed E-state index contributed by atoms with van der Waals surface area (Å²) < 4.78 is 0. The third-order valence-corrected chi connectivity index (χ3v) is 3.30. The number of ketones is 1. The van der Waals surface area contributed by atoms with Gasteiger partial charge >= 0.3 is 0 Å². The van der Waals surface area contributed by atoms with Gasteiger partial charge in [-0.25, -0.2) is 0 Å². The molecule has 0 heterocycles. The molecular formula is C14H27NO2. The molecule has 0 amide bonds. The summed E-state index contributed by atoms with van der Waals surface area (Å²) in [7, 11) is 1.89. The Hall–Kier alpha value is -0.670. The zero-order valence-electron chi connectivity index (χ0n) is 11.8. The predicted octanol–water partition coefficient (Wildman–Crippen LogP) is 2.25. The molecule has 0 saturated heterocycles. The summed E-state index contributed by atoms with van der Waals surface area (Å²) in [5.41, 5.74) is 0. The molecule has 0 spiro atoms. The number of hydrogen-bond donors (Lipinski definition) is 1. The van der Waals surface area contributed by atoms with Crippen LogP contribution < -0.4 is 0 Å². The maximum atomic E-state index is 11.9. The fraction of sp³-hybridized carbons (Fsp3) is 0.786. The highest BCUT2D eigenvalue weighted by Gasteiger charge is 2.31. The van der Waals surface area contributed by atoms with Gasteiger partial charge in [-0.15, -0.1) is 0 Å². The third-order valence-electron chi connectivity index (χ3n) is 3.30. The quantitative estimate of drug-likeness (QED) is 0.663. The topological polar surface area (TPSA) is 40.5 Å². The van der Waals surface area contributed by atoms with Crippen LogP contribution in [0.4, 0.5) is 0 Å². The summed E-state index contributed by atoms with van der Waals surface area (Å²) in [6, 6.07) is -0.370. The molecule has 0 aromatic carbocycles. The summed E-state index contributed by atoms with van der Waals surface area (Å²) in [6.07, 6.45) is 4.70. The van der Waals surface area contributed by atoms with Crippen molar-refractivity contribution in [2.45, 2.75) is 52.7 Å². The molecule has 0 aliphatic carbocycles. The van der Waals surface area contributed by atoms with Crippen molar-refractivity contribution in [1.82, 2.24) is 4.90 Å². The van der Waals surface area contributed by atoms with E-state index in [0.29, 0.717) is 6.42 Å². The van der Waals surface area contributed by atoms with Gasteiger partial charge in [0.1, 0.15) is 0 Å². The lowest BCUT2D eigenvalue weighted by molar-refractivity contribution is -0.128. The highest BCUT2D eigenvalue weighted by Crippen LogP contribution is 2.17. The Bertz CT molecular complexity index is 251. The fourth-order valence-electron chi connectivity index (χ4n) is 1.90. The van der Waals surface area contributed by atoms with Gasteiger partial charge in [-0.3, -0.25) is 9.69 Å². The number of likely N-dealkylation sites (N-methyl/N-ethyl adjacent to an activating group) is 1. The van der Waals surface area contributed by atoms with Crippen LogP contribution in [0, 0.1) is 5.92 Å². The molecule has 0 rings (SSSR count). The first-order valence-corrected chi connectivity index (χ1v) is 6.51. The van der Waals surface area contributed by atoms with Gasteiger partial charge in [0.2, 0.25) is 0 Å². The van der Waals surface area contributed by atoms with E-state index in [1.54, 1.807) is 0 Å². The van der Waals surface area contributed by atoms with Crippen molar-refractivity contribution in [1.29, 1.82) is 0 Å². The molecule has 0 radical (unpaired) electrons. The Morgan fingerprint density at radius 3 is 2.41 bits per heavy atom. The van der Waals surface area contributed by atoms with Crippen molar-refractivity contribution in [2.75, 3.05) is 13.6 Å². The number of nitrogens with zero attached hydrogens (tertiary/aromatic N) is 1. The van der Waals surface area contributed by atoms with Crippen molar-refractivity contribution >= 4 is 5.78 Å². The van der Waals surface area contributed by atoms with Crippen molar-refractivity contribution in [3.8, 4) is 0 Å². The van der Waals surface area contributed by atoms with Gasteiger partial charge in [-0.05, 0) is 32.9 Å².